The Balaban J connectivity index is 1.76. The first-order chi connectivity index (χ1) is 9.65. The lowest BCUT2D eigenvalue weighted by Gasteiger charge is -2.07. The normalized spacial score (nSPS) is 10.0. The zero-order valence-electron chi connectivity index (χ0n) is 10.6. The van der Waals surface area contributed by atoms with Crippen molar-refractivity contribution in [3.63, 3.8) is 0 Å². The first kappa shape index (κ1) is 13.7. The lowest BCUT2D eigenvalue weighted by molar-refractivity contribution is 0.0697. The molecular formula is C14H14N2O4. The van der Waals surface area contributed by atoms with Crippen molar-refractivity contribution in [1.29, 1.82) is 0 Å². The predicted molar refractivity (Wildman–Crippen MR) is 71.2 cm³/mol. The average molecular weight is 274 g/mol. The van der Waals surface area contributed by atoms with E-state index in [9.17, 15) is 9.59 Å². The van der Waals surface area contributed by atoms with E-state index in [4.69, 9.17) is 9.52 Å². The minimum atomic E-state index is -0.970. The summed E-state index contributed by atoms with van der Waals surface area (Å²) < 4.78 is 4.89. The average Bonchev–Trinajstić information content (AvgIpc) is 2.96. The fraction of sp³-hybridized carbons (Fsp3) is 0.143. The van der Waals surface area contributed by atoms with E-state index in [-0.39, 0.29) is 11.6 Å². The second kappa shape index (κ2) is 6.42. The quantitative estimate of drug-likeness (QED) is 0.777. The molecule has 0 atom stereocenters. The molecular weight excluding hydrogens is 260 g/mol. The SMILES string of the molecule is O=C(NCc1ccc(C(=O)O)cc1)NCc1ccoc1. The number of urea groups is 1. The number of rotatable bonds is 5. The van der Waals surface area contributed by atoms with Crippen LogP contribution >= 0.6 is 0 Å². The molecule has 3 N–H and O–H groups in total. The van der Waals surface area contributed by atoms with Crippen molar-refractivity contribution in [2.45, 2.75) is 13.1 Å². The van der Waals surface area contributed by atoms with Gasteiger partial charge in [0.15, 0.2) is 0 Å². The number of carbonyl (C=O) groups excluding carboxylic acids is 1. The number of benzene rings is 1. The van der Waals surface area contributed by atoms with Crippen LogP contribution in [0.3, 0.4) is 0 Å². The van der Waals surface area contributed by atoms with Crippen LogP contribution < -0.4 is 10.6 Å². The largest absolute Gasteiger partial charge is 0.478 e. The number of nitrogens with one attached hydrogen (secondary N) is 2. The number of carboxylic acids is 1. The van der Waals surface area contributed by atoms with Crippen LogP contribution in [0.5, 0.6) is 0 Å². The van der Waals surface area contributed by atoms with Crippen LogP contribution in [0.4, 0.5) is 4.79 Å². The van der Waals surface area contributed by atoms with Crippen molar-refractivity contribution in [3.8, 4) is 0 Å². The van der Waals surface area contributed by atoms with E-state index >= 15 is 0 Å². The third-order valence-electron chi connectivity index (χ3n) is 2.69. The molecule has 0 aliphatic carbocycles. The molecule has 6 nitrogen and oxygen atoms in total. The molecule has 0 aliphatic heterocycles. The molecule has 0 saturated heterocycles. The zero-order chi connectivity index (χ0) is 14.4. The maximum atomic E-state index is 11.5. The van der Waals surface area contributed by atoms with Gasteiger partial charge in [-0.25, -0.2) is 9.59 Å². The van der Waals surface area contributed by atoms with Crippen molar-refractivity contribution in [2.75, 3.05) is 0 Å². The second-order valence-electron chi connectivity index (χ2n) is 4.17. The summed E-state index contributed by atoms with van der Waals surface area (Å²) in [6, 6.07) is 7.81. The molecule has 2 rings (SSSR count). The van der Waals surface area contributed by atoms with Gasteiger partial charge in [-0.3, -0.25) is 0 Å². The standard InChI is InChI=1S/C14H14N2O4/c17-13(18)12-3-1-10(2-4-12)7-15-14(19)16-8-11-5-6-20-9-11/h1-6,9H,7-8H2,(H,17,18)(H2,15,16,19). The summed E-state index contributed by atoms with van der Waals surface area (Å²) in [6.45, 7) is 0.720. The number of hydrogen-bond acceptors (Lipinski definition) is 3. The Kier molecular flexibility index (Phi) is 4.39. The van der Waals surface area contributed by atoms with Gasteiger partial charge in [-0.1, -0.05) is 12.1 Å². The number of furan rings is 1. The van der Waals surface area contributed by atoms with E-state index in [1.165, 1.54) is 12.1 Å². The van der Waals surface area contributed by atoms with Crippen molar-refractivity contribution < 1.29 is 19.1 Å². The highest BCUT2D eigenvalue weighted by molar-refractivity contribution is 5.87. The Morgan fingerprint density at radius 2 is 1.65 bits per heavy atom. The van der Waals surface area contributed by atoms with Gasteiger partial charge < -0.3 is 20.2 Å². The topological polar surface area (TPSA) is 91.6 Å². The number of hydrogen-bond donors (Lipinski definition) is 3. The molecule has 0 aliphatic rings. The predicted octanol–water partition coefficient (Wildman–Crippen LogP) is 1.98. The highest BCUT2D eigenvalue weighted by atomic mass is 16.4. The first-order valence-electron chi connectivity index (χ1n) is 6.00. The summed E-state index contributed by atoms with van der Waals surface area (Å²) in [4.78, 5) is 22.2. The molecule has 2 amide bonds. The van der Waals surface area contributed by atoms with Crippen LogP contribution in [0.2, 0.25) is 0 Å². The number of carboxylic acid groups (broad SMARTS) is 1. The molecule has 2 aromatic rings. The summed E-state index contributed by atoms with van der Waals surface area (Å²) in [5.74, 6) is -0.970. The maximum absolute atomic E-state index is 11.5. The molecule has 0 radical (unpaired) electrons. The van der Waals surface area contributed by atoms with E-state index < -0.39 is 5.97 Å². The number of amides is 2. The van der Waals surface area contributed by atoms with Gasteiger partial charge in [0.2, 0.25) is 0 Å². The summed E-state index contributed by atoms with van der Waals surface area (Å²) in [6.07, 6.45) is 3.10. The molecule has 0 spiro atoms. The lowest BCUT2D eigenvalue weighted by atomic mass is 10.1. The van der Waals surface area contributed by atoms with E-state index in [1.54, 1.807) is 30.7 Å². The van der Waals surface area contributed by atoms with Gasteiger partial charge in [0, 0.05) is 18.7 Å². The van der Waals surface area contributed by atoms with Gasteiger partial charge in [-0.2, -0.15) is 0 Å². The zero-order valence-corrected chi connectivity index (χ0v) is 10.6. The van der Waals surface area contributed by atoms with E-state index in [0.29, 0.717) is 13.1 Å². The van der Waals surface area contributed by atoms with Gasteiger partial charge in [0.1, 0.15) is 0 Å². The van der Waals surface area contributed by atoms with Crippen molar-refractivity contribution in [1.82, 2.24) is 10.6 Å². The van der Waals surface area contributed by atoms with Gasteiger partial charge >= 0.3 is 12.0 Å². The Labute approximate surface area is 115 Å². The minimum Gasteiger partial charge on any atom is -0.478 e. The van der Waals surface area contributed by atoms with Crippen LogP contribution in [0.1, 0.15) is 21.5 Å². The van der Waals surface area contributed by atoms with E-state index in [0.717, 1.165) is 11.1 Å². The summed E-state index contributed by atoms with van der Waals surface area (Å²) in [5, 5.41) is 14.1. The minimum absolute atomic E-state index is 0.221. The molecule has 0 unspecified atom stereocenters. The molecule has 1 heterocycles. The van der Waals surface area contributed by atoms with Crippen molar-refractivity contribution in [3.05, 3.63) is 59.5 Å². The maximum Gasteiger partial charge on any atom is 0.335 e. The first-order valence-corrected chi connectivity index (χ1v) is 6.00. The molecule has 0 saturated carbocycles. The van der Waals surface area contributed by atoms with Crippen molar-refractivity contribution in [2.24, 2.45) is 0 Å². The summed E-state index contributed by atoms with van der Waals surface area (Å²) in [5.41, 5.74) is 1.93. The molecule has 1 aromatic heterocycles. The Bertz CT molecular complexity index is 576. The fourth-order valence-electron chi connectivity index (χ4n) is 1.59. The smallest absolute Gasteiger partial charge is 0.335 e. The third kappa shape index (κ3) is 3.88. The summed E-state index contributed by atoms with van der Waals surface area (Å²) >= 11 is 0. The van der Waals surface area contributed by atoms with Crippen molar-refractivity contribution >= 4 is 12.0 Å². The van der Waals surface area contributed by atoms with Gasteiger partial charge in [0.25, 0.3) is 0 Å². The Morgan fingerprint density at radius 3 is 2.20 bits per heavy atom. The lowest BCUT2D eigenvalue weighted by Crippen LogP contribution is -2.34. The van der Waals surface area contributed by atoms with E-state index in [1.807, 2.05) is 0 Å². The van der Waals surface area contributed by atoms with Crippen LogP contribution in [-0.4, -0.2) is 17.1 Å². The molecule has 104 valence electrons. The van der Waals surface area contributed by atoms with Crippen LogP contribution in [-0.2, 0) is 13.1 Å². The van der Waals surface area contributed by atoms with Gasteiger partial charge in [-0.05, 0) is 23.8 Å². The third-order valence-corrected chi connectivity index (χ3v) is 2.69. The fourth-order valence-corrected chi connectivity index (χ4v) is 1.59. The second-order valence-corrected chi connectivity index (χ2v) is 4.17. The van der Waals surface area contributed by atoms with Crippen LogP contribution in [0.15, 0.2) is 47.3 Å². The van der Waals surface area contributed by atoms with Crippen LogP contribution in [0, 0.1) is 0 Å². The van der Waals surface area contributed by atoms with Crippen LogP contribution in [0.25, 0.3) is 0 Å². The molecule has 0 fully saturated rings. The molecule has 6 heteroatoms. The Morgan fingerprint density at radius 1 is 1.00 bits per heavy atom. The highest BCUT2D eigenvalue weighted by Crippen LogP contribution is 2.04. The molecule has 0 bridgehead atoms. The summed E-state index contributed by atoms with van der Waals surface area (Å²) in [7, 11) is 0. The molecule has 1 aromatic carbocycles. The highest BCUT2D eigenvalue weighted by Gasteiger charge is 2.04. The van der Waals surface area contributed by atoms with E-state index in [2.05, 4.69) is 10.6 Å². The van der Waals surface area contributed by atoms with Gasteiger partial charge in [0.05, 0.1) is 18.1 Å². The number of carbonyl (C=O) groups is 2. The monoisotopic (exact) mass is 274 g/mol. The molecule has 20 heavy (non-hydrogen) atoms. The number of aromatic carboxylic acids is 1. The Hall–Kier alpha value is -2.76. The van der Waals surface area contributed by atoms with Gasteiger partial charge in [-0.15, -0.1) is 0 Å².